The lowest BCUT2D eigenvalue weighted by Crippen LogP contribution is -2.54. The minimum atomic E-state index is -4.40. The van der Waals surface area contributed by atoms with Gasteiger partial charge in [0.1, 0.15) is 0 Å². The van der Waals surface area contributed by atoms with Crippen molar-refractivity contribution in [2.45, 2.75) is 32.0 Å². The fourth-order valence-corrected chi connectivity index (χ4v) is 3.07. The Morgan fingerprint density at radius 2 is 1.65 bits per heavy atom. The predicted octanol–water partition coefficient (Wildman–Crippen LogP) is 2.59. The van der Waals surface area contributed by atoms with E-state index in [9.17, 15) is 22.8 Å². The van der Waals surface area contributed by atoms with Gasteiger partial charge in [-0.3, -0.25) is 14.5 Å². The molecule has 8 heteroatoms. The van der Waals surface area contributed by atoms with Crippen molar-refractivity contribution in [2.75, 3.05) is 31.5 Å². The predicted molar refractivity (Wildman–Crippen MR) is 90.4 cm³/mol. The van der Waals surface area contributed by atoms with Crippen LogP contribution in [0, 0.1) is 5.92 Å². The van der Waals surface area contributed by atoms with E-state index in [-0.39, 0.29) is 17.7 Å². The number of piperazine rings is 1. The van der Waals surface area contributed by atoms with Gasteiger partial charge in [-0.05, 0) is 44.0 Å². The normalized spacial score (nSPS) is 19.9. The number of benzene rings is 1. The van der Waals surface area contributed by atoms with Crippen molar-refractivity contribution in [1.82, 2.24) is 9.80 Å². The molecule has 0 aromatic heterocycles. The number of nitrogens with zero attached hydrogens (tertiary/aromatic N) is 2. The van der Waals surface area contributed by atoms with Crippen LogP contribution in [0.15, 0.2) is 24.3 Å². The van der Waals surface area contributed by atoms with Crippen LogP contribution < -0.4 is 5.32 Å². The van der Waals surface area contributed by atoms with Crippen molar-refractivity contribution in [3.05, 3.63) is 29.8 Å². The standard InChI is InChI=1S/C18H22F3N3O2/c1-12(23-8-10-24(11-9-23)17(26)13-2-3-13)16(25)22-15-6-4-14(5-7-15)18(19,20)21/h4-7,12-13H,2-3,8-11H2,1H3,(H,22,25)/t12-/m1/s1. The first kappa shape index (κ1) is 18.7. The Hall–Kier alpha value is -2.09. The summed E-state index contributed by atoms with van der Waals surface area (Å²) in [4.78, 5) is 28.3. The SMILES string of the molecule is C[C@H](C(=O)Nc1ccc(C(F)(F)F)cc1)N1CCN(C(=O)C2CC2)CC1. The molecule has 2 aliphatic rings. The van der Waals surface area contributed by atoms with E-state index in [0.29, 0.717) is 31.9 Å². The highest BCUT2D eigenvalue weighted by molar-refractivity contribution is 5.94. The van der Waals surface area contributed by atoms with Gasteiger partial charge < -0.3 is 10.2 Å². The van der Waals surface area contributed by atoms with Crippen LogP contribution >= 0.6 is 0 Å². The molecule has 1 saturated carbocycles. The fraction of sp³-hybridized carbons (Fsp3) is 0.556. The van der Waals surface area contributed by atoms with Crippen LogP contribution in [0.25, 0.3) is 0 Å². The number of nitrogens with one attached hydrogen (secondary N) is 1. The molecule has 0 radical (unpaired) electrons. The van der Waals surface area contributed by atoms with E-state index in [1.165, 1.54) is 12.1 Å². The van der Waals surface area contributed by atoms with Gasteiger partial charge in [-0.25, -0.2) is 0 Å². The van der Waals surface area contributed by atoms with E-state index >= 15 is 0 Å². The quantitative estimate of drug-likeness (QED) is 0.888. The summed E-state index contributed by atoms with van der Waals surface area (Å²) < 4.78 is 37.7. The van der Waals surface area contributed by atoms with Crippen molar-refractivity contribution in [3.8, 4) is 0 Å². The minimum Gasteiger partial charge on any atom is -0.340 e. The second-order valence-electron chi connectivity index (χ2n) is 6.88. The van der Waals surface area contributed by atoms with Crippen LogP contribution in [0.1, 0.15) is 25.3 Å². The van der Waals surface area contributed by atoms with Crippen molar-refractivity contribution in [3.63, 3.8) is 0 Å². The maximum Gasteiger partial charge on any atom is 0.416 e. The molecule has 0 bridgehead atoms. The Morgan fingerprint density at radius 3 is 2.15 bits per heavy atom. The second-order valence-corrected chi connectivity index (χ2v) is 6.88. The van der Waals surface area contributed by atoms with Crippen LogP contribution in [0.3, 0.4) is 0 Å². The molecule has 1 aromatic carbocycles. The van der Waals surface area contributed by atoms with Crippen molar-refractivity contribution in [1.29, 1.82) is 0 Å². The summed E-state index contributed by atoms with van der Waals surface area (Å²) in [5, 5.41) is 2.65. The molecule has 1 saturated heterocycles. The van der Waals surface area contributed by atoms with Crippen LogP contribution in [-0.4, -0.2) is 53.8 Å². The first-order chi connectivity index (χ1) is 12.3. The Labute approximate surface area is 150 Å². The topological polar surface area (TPSA) is 52.7 Å². The van der Waals surface area contributed by atoms with E-state index in [4.69, 9.17) is 0 Å². The molecule has 1 aliphatic carbocycles. The summed E-state index contributed by atoms with van der Waals surface area (Å²) in [5.74, 6) is 0.139. The Balaban J connectivity index is 1.51. The van der Waals surface area contributed by atoms with E-state index in [2.05, 4.69) is 5.32 Å². The van der Waals surface area contributed by atoms with Gasteiger partial charge in [0.05, 0.1) is 11.6 Å². The van der Waals surface area contributed by atoms with Crippen molar-refractivity contribution < 1.29 is 22.8 Å². The highest BCUT2D eigenvalue weighted by Crippen LogP contribution is 2.31. The average Bonchev–Trinajstić information content (AvgIpc) is 3.45. The van der Waals surface area contributed by atoms with E-state index in [0.717, 1.165) is 25.0 Å². The third-order valence-electron chi connectivity index (χ3n) is 4.96. The summed E-state index contributed by atoms with van der Waals surface area (Å²) in [7, 11) is 0. The molecule has 2 amide bonds. The highest BCUT2D eigenvalue weighted by Gasteiger charge is 2.35. The summed E-state index contributed by atoms with van der Waals surface area (Å²) in [6, 6.07) is 3.97. The molecule has 0 unspecified atom stereocenters. The van der Waals surface area contributed by atoms with Gasteiger partial charge in [0.25, 0.3) is 0 Å². The highest BCUT2D eigenvalue weighted by atomic mass is 19.4. The lowest BCUT2D eigenvalue weighted by molar-refractivity contribution is -0.137. The molecule has 1 atom stereocenters. The fourth-order valence-electron chi connectivity index (χ4n) is 3.07. The molecule has 1 heterocycles. The molecule has 2 fully saturated rings. The number of anilines is 1. The number of rotatable bonds is 4. The molecule has 142 valence electrons. The molecule has 1 aromatic rings. The molecule has 26 heavy (non-hydrogen) atoms. The van der Waals surface area contributed by atoms with Crippen LogP contribution in [0.4, 0.5) is 18.9 Å². The van der Waals surface area contributed by atoms with E-state index in [1.807, 2.05) is 9.80 Å². The number of alkyl halides is 3. The van der Waals surface area contributed by atoms with Gasteiger partial charge in [0, 0.05) is 37.8 Å². The third-order valence-corrected chi connectivity index (χ3v) is 4.96. The molecule has 0 spiro atoms. The smallest absolute Gasteiger partial charge is 0.340 e. The molecule has 1 N–H and O–H groups in total. The van der Waals surface area contributed by atoms with Crippen LogP contribution in [0.2, 0.25) is 0 Å². The van der Waals surface area contributed by atoms with Gasteiger partial charge in [0.2, 0.25) is 11.8 Å². The van der Waals surface area contributed by atoms with Gasteiger partial charge in [0.15, 0.2) is 0 Å². The van der Waals surface area contributed by atoms with Crippen molar-refractivity contribution in [2.24, 2.45) is 5.92 Å². The average molecular weight is 369 g/mol. The number of carbonyl (C=O) groups is 2. The first-order valence-corrected chi connectivity index (χ1v) is 8.76. The Bertz CT molecular complexity index is 663. The zero-order valence-corrected chi connectivity index (χ0v) is 14.6. The van der Waals surface area contributed by atoms with Gasteiger partial charge in [-0.2, -0.15) is 13.2 Å². The third kappa shape index (κ3) is 4.35. The summed E-state index contributed by atoms with van der Waals surface area (Å²) in [6.45, 7) is 4.19. The molecular formula is C18H22F3N3O2. The molecule has 5 nitrogen and oxygen atoms in total. The van der Waals surface area contributed by atoms with Crippen molar-refractivity contribution >= 4 is 17.5 Å². The van der Waals surface area contributed by atoms with Gasteiger partial charge in [-0.15, -0.1) is 0 Å². The summed E-state index contributed by atoms with van der Waals surface area (Å²) in [6.07, 6.45) is -2.44. The van der Waals surface area contributed by atoms with E-state index in [1.54, 1.807) is 6.92 Å². The second kappa shape index (κ2) is 7.26. The van der Waals surface area contributed by atoms with Gasteiger partial charge >= 0.3 is 6.18 Å². The van der Waals surface area contributed by atoms with Gasteiger partial charge in [-0.1, -0.05) is 0 Å². The maximum absolute atomic E-state index is 12.6. The number of halogens is 3. The minimum absolute atomic E-state index is 0.196. The Kier molecular flexibility index (Phi) is 5.22. The maximum atomic E-state index is 12.6. The molecular weight excluding hydrogens is 347 g/mol. The zero-order chi connectivity index (χ0) is 18.9. The van der Waals surface area contributed by atoms with E-state index < -0.39 is 17.8 Å². The summed E-state index contributed by atoms with van der Waals surface area (Å²) in [5.41, 5.74) is -0.419. The van der Waals surface area contributed by atoms with Crippen LogP contribution in [-0.2, 0) is 15.8 Å². The largest absolute Gasteiger partial charge is 0.416 e. The lowest BCUT2D eigenvalue weighted by Gasteiger charge is -2.37. The monoisotopic (exact) mass is 369 g/mol. The number of hydrogen-bond acceptors (Lipinski definition) is 3. The summed E-state index contributed by atoms with van der Waals surface area (Å²) >= 11 is 0. The Morgan fingerprint density at radius 1 is 1.08 bits per heavy atom. The number of hydrogen-bond donors (Lipinski definition) is 1. The van der Waals surface area contributed by atoms with Crippen LogP contribution in [0.5, 0.6) is 0 Å². The zero-order valence-electron chi connectivity index (χ0n) is 14.6. The number of carbonyl (C=O) groups excluding carboxylic acids is 2. The first-order valence-electron chi connectivity index (χ1n) is 8.76. The lowest BCUT2D eigenvalue weighted by atomic mass is 10.1. The number of amides is 2. The molecule has 1 aliphatic heterocycles. The molecule has 3 rings (SSSR count).